The molecule has 62 valence electrons. The lowest BCUT2D eigenvalue weighted by atomic mass is 10.3. The monoisotopic (exact) mass is 158 g/mol. The molecule has 0 aromatic carbocycles. The number of nitrogens with two attached hydrogens (primary N) is 1. The molecule has 4 N–H and O–H groups in total. The van der Waals surface area contributed by atoms with Crippen LogP contribution in [0, 0.1) is 6.92 Å². The number of carboxylic acids is 1. The van der Waals surface area contributed by atoms with Gasteiger partial charge in [-0.25, -0.2) is 4.79 Å². The van der Waals surface area contributed by atoms with Crippen LogP contribution in [0.15, 0.2) is 0 Å². The minimum atomic E-state index is -1.38. The molecule has 0 aliphatic heterocycles. The number of rotatable bonds is 3. The van der Waals surface area contributed by atoms with Crippen molar-refractivity contribution in [3.05, 3.63) is 6.92 Å². The molecule has 0 saturated heterocycles. The lowest BCUT2D eigenvalue weighted by Crippen LogP contribution is -2.45. The zero-order valence-corrected chi connectivity index (χ0v) is 6.07. The van der Waals surface area contributed by atoms with Crippen LogP contribution < -0.4 is 11.1 Å². The first-order chi connectivity index (χ1) is 4.95. The lowest BCUT2D eigenvalue weighted by Gasteiger charge is -2.10. The summed E-state index contributed by atoms with van der Waals surface area (Å²) in [4.78, 5) is 20.8. The van der Waals surface area contributed by atoms with Gasteiger partial charge in [-0.2, -0.15) is 0 Å². The minimum absolute atomic E-state index is 0.583. The van der Waals surface area contributed by atoms with E-state index in [1.165, 1.54) is 6.92 Å². The highest BCUT2D eigenvalue weighted by molar-refractivity contribution is 5.86. The number of hydrogen-bond acceptors (Lipinski definition) is 3. The molecule has 2 radical (unpaired) electrons. The average Bonchev–Trinajstić information content (AvgIpc) is 1.87. The summed E-state index contributed by atoms with van der Waals surface area (Å²) in [6.45, 7) is 6.40. The molecule has 1 amide bonds. The third-order valence-corrected chi connectivity index (χ3v) is 0.977. The van der Waals surface area contributed by atoms with E-state index in [1.807, 2.05) is 5.32 Å². The van der Waals surface area contributed by atoms with Crippen LogP contribution in [-0.4, -0.2) is 29.1 Å². The smallest absolute Gasteiger partial charge is 0.326 e. The summed E-state index contributed by atoms with van der Waals surface area (Å²) < 4.78 is 0. The maximum Gasteiger partial charge on any atom is 0.326 e. The molecule has 0 aromatic heterocycles. The van der Waals surface area contributed by atoms with E-state index in [2.05, 4.69) is 0 Å². The van der Waals surface area contributed by atoms with E-state index in [0.717, 1.165) is 0 Å². The fraction of sp³-hybridized carbons (Fsp3) is 0.500. The zero-order valence-electron chi connectivity index (χ0n) is 6.07. The summed E-state index contributed by atoms with van der Waals surface area (Å²) in [7, 11) is 0. The molecule has 0 saturated carbocycles. The number of carbonyl (C=O) groups is 2. The van der Waals surface area contributed by atoms with E-state index in [0.29, 0.717) is 0 Å². The maximum atomic E-state index is 10.7. The molecule has 2 unspecified atom stereocenters. The van der Waals surface area contributed by atoms with E-state index in [4.69, 9.17) is 17.8 Å². The Morgan fingerprint density at radius 3 is 2.36 bits per heavy atom. The van der Waals surface area contributed by atoms with Crippen molar-refractivity contribution in [2.24, 2.45) is 5.73 Å². The van der Waals surface area contributed by atoms with Gasteiger partial charge < -0.3 is 16.2 Å². The molecular formula is C6H10N2O3. The first-order valence-electron chi connectivity index (χ1n) is 2.99. The Morgan fingerprint density at radius 1 is 1.64 bits per heavy atom. The van der Waals surface area contributed by atoms with Gasteiger partial charge in [0.05, 0.1) is 6.04 Å². The van der Waals surface area contributed by atoms with Crippen LogP contribution in [-0.2, 0) is 9.59 Å². The van der Waals surface area contributed by atoms with Crippen molar-refractivity contribution in [3.8, 4) is 0 Å². The molecule has 2 atom stereocenters. The Labute approximate surface area is 64.6 Å². The molecule has 0 rings (SSSR count). The van der Waals surface area contributed by atoms with Crippen LogP contribution in [0.5, 0.6) is 0 Å². The highest BCUT2D eigenvalue weighted by Crippen LogP contribution is 1.82. The summed E-state index contributed by atoms with van der Waals surface area (Å²) >= 11 is 0. The summed E-state index contributed by atoms with van der Waals surface area (Å²) in [6.07, 6.45) is 0. The van der Waals surface area contributed by atoms with Gasteiger partial charge in [0.25, 0.3) is 0 Å². The molecule has 0 heterocycles. The zero-order chi connectivity index (χ0) is 9.02. The van der Waals surface area contributed by atoms with Crippen LogP contribution >= 0.6 is 0 Å². The van der Waals surface area contributed by atoms with E-state index in [9.17, 15) is 9.59 Å². The molecule has 11 heavy (non-hydrogen) atoms. The maximum absolute atomic E-state index is 10.7. The Balaban J connectivity index is 3.85. The third kappa shape index (κ3) is 3.57. The number of aliphatic carboxylic acids is 1. The van der Waals surface area contributed by atoms with Crippen molar-refractivity contribution in [2.75, 3.05) is 0 Å². The summed E-state index contributed by atoms with van der Waals surface area (Å²) in [6, 6.07) is -2.13. The minimum Gasteiger partial charge on any atom is -0.480 e. The number of amides is 1. The van der Waals surface area contributed by atoms with E-state index >= 15 is 0 Å². The normalized spacial score (nSPS) is 15.2. The predicted octanol–water partition coefficient (Wildman–Crippen LogP) is -1.39. The molecule has 0 spiro atoms. The van der Waals surface area contributed by atoms with Gasteiger partial charge in [0.2, 0.25) is 5.91 Å². The molecule has 0 bridgehead atoms. The fourth-order valence-electron chi connectivity index (χ4n) is 0.346. The lowest BCUT2D eigenvalue weighted by molar-refractivity contribution is -0.140. The number of carbonyl (C=O) groups excluding carboxylic acids is 1. The van der Waals surface area contributed by atoms with Crippen molar-refractivity contribution >= 4 is 11.9 Å². The Kier molecular flexibility index (Phi) is 3.53. The largest absolute Gasteiger partial charge is 0.480 e. The standard InChI is InChI=1S/C6H10N2O3/c1-3(7)5(9)8-4(2)6(10)11/h2-4H,7H2,1H3,(H,8,9)(H,10,11). The first-order valence-corrected chi connectivity index (χ1v) is 2.99. The summed E-state index contributed by atoms with van der Waals surface area (Å²) in [5.74, 6) is -1.88. The summed E-state index contributed by atoms with van der Waals surface area (Å²) in [5.41, 5.74) is 5.12. The number of nitrogens with one attached hydrogen (secondary N) is 1. The Morgan fingerprint density at radius 2 is 2.09 bits per heavy atom. The second kappa shape index (κ2) is 3.92. The molecule has 0 aliphatic rings. The second-order valence-electron chi connectivity index (χ2n) is 2.11. The summed E-state index contributed by atoms with van der Waals surface area (Å²) in [5, 5.41) is 10.2. The van der Waals surface area contributed by atoms with E-state index in [1.54, 1.807) is 0 Å². The van der Waals surface area contributed by atoms with Crippen LogP contribution in [0.1, 0.15) is 6.92 Å². The van der Waals surface area contributed by atoms with Crippen LogP contribution in [0.4, 0.5) is 0 Å². The molecule has 5 nitrogen and oxygen atoms in total. The van der Waals surface area contributed by atoms with Gasteiger partial charge in [0, 0.05) is 6.92 Å². The molecular weight excluding hydrogens is 148 g/mol. The number of hydrogen-bond donors (Lipinski definition) is 3. The van der Waals surface area contributed by atoms with E-state index in [-0.39, 0.29) is 0 Å². The molecule has 0 fully saturated rings. The van der Waals surface area contributed by atoms with Gasteiger partial charge in [-0.05, 0) is 6.92 Å². The quantitative estimate of drug-likeness (QED) is 0.471. The van der Waals surface area contributed by atoms with Crippen LogP contribution in [0.25, 0.3) is 0 Å². The fourth-order valence-corrected chi connectivity index (χ4v) is 0.346. The predicted molar refractivity (Wildman–Crippen MR) is 37.5 cm³/mol. The highest BCUT2D eigenvalue weighted by Gasteiger charge is 2.15. The SMILES string of the molecule is [CH]C(NC(=O)C(C)N)C(=O)O. The van der Waals surface area contributed by atoms with E-state index < -0.39 is 24.0 Å². The Hall–Kier alpha value is -1.10. The van der Waals surface area contributed by atoms with Gasteiger partial charge in [-0.3, -0.25) is 4.79 Å². The van der Waals surface area contributed by atoms with Crippen molar-refractivity contribution in [1.29, 1.82) is 0 Å². The van der Waals surface area contributed by atoms with Gasteiger partial charge >= 0.3 is 5.97 Å². The van der Waals surface area contributed by atoms with Gasteiger partial charge in [-0.15, -0.1) is 0 Å². The third-order valence-electron chi connectivity index (χ3n) is 0.977. The molecule has 0 aliphatic carbocycles. The average molecular weight is 158 g/mol. The van der Waals surface area contributed by atoms with Crippen molar-refractivity contribution in [1.82, 2.24) is 5.32 Å². The molecule has 0 aromatic rings. The molecule has 5 heteroatoms. The number of carboxylic acid groups (broad SMARTS) is 1. The van der Waals surface area contributed by atoms with Gasteiger partial charge in [0.15, 0.2) is 0 Å². The highest BCUT2D eigenvalue weighted by atomic mass is 16.4. The van der Waals surface area contributed by atoms with Crippen molar-refractivity contribution < 1.29 is 14.7 Å². The van der Waals surface area contributed by atoms with Gasteiger partial charge in [0.1, 0.15) is 6.04 Å². The Bertz CT molecular complexity index is 167. The van der Waals surface area contributed by atoms with Crippen LogP contribution in [0.2, 0.25) is 0 Å². The topological polar surface area (TPSA) is 92.4 Å². The van der Waals surface area contributed by atoms with Crippen molar-refractivity contribution in [3.63, 3.8) is 0 Å². The first kappa shape index (κ1) is 9.90. The van der Waals surface area contributed by atoms with Gasteiger partial charge in [-0.1, -0.05) is 0 Å². The second-order valence-corrected chi connectivity index (χ2v) is 2.11. The van der Waals surface area contributed by atoms with Crippen LogP contribution in [0.3, 0.4) is 0 Å². The van der Waals surface area contributed by atoms with Crippen molar-refractivity contribution in [2.45, 2.75) is 19.0 Å².